The molecule has 0 fully saturated rings. The van der Waals surface area contributed by atoms with Crippen molar-refractivity contribution >= 4 is 11.6 Å². The van der Waals surface area contributed by atoms with Gasteiger partial charge in [-0.05, 0) is 12.1 Å². The van der Waals surface area contributed by atoms with Crippen LogP contribution in [0.25, 0.3) is 0 Å². The maximum Gasteiger partial charge on any atom is 0.165 e. The molecule has 16 heavy (non-hydrogen) atoms. The van der Waals surface area contributed by atoms with E-state index in [0.29, 0.717) is 0 Å². The van der Waals surface area contributed by atoms with E-state index in [0.717, 1.165) is 6.07 Å². The van der Waals surface area contributed by atoms with Gasteiger partial charge < -0.3 is 15.9 Å². The van der Waals surface area contributed by atoms with Crippen LogP contribution in [0, 0.1) is 11.2 Å². The Kier molecular flexibility index (Phi) is 3.78. The highest BCUT2D eigenvalue weighted by Gasteiger charge is 2.31. The van der Waals surface area contributed by atoms with Gasteiger partial charge in [0.2, 0.25) is 0 Å². The normalized spacial score (nSPS) is 13.9. The maximum atomic E-state index is 13.2. The van der Waals surface area contributed by atoms with E-state index in [1.165, 1.54) is 6.07 Å². The molecule has 4 N–H and O–H groups in total. The Morgan fingerprint density at radius 3 is 2.56 bits per heavy atom. The molecule has 0 aliphatic heterocycles. The molecule has 5 heteroatoms. The number of rotatable bonds is 3. The van der Waals surface area contributed by atoms with Crippen molar-refractivity contribution in [2.75, 3.05) is 6.61 Å². The highest BCUT2D eigenvalue weighted by atomic mass is 35.5. The summed E-state index contributed by atoms with van der Waals surface area (Å²) in [4.78, 5) is 0. The number of hydrogen-bond acceptors (Lipinski definition) is 3. The molecule has 0 radical (unpaired) electrons. The fourth-order valence-corrected chi connectivity index (χ4v) is 1.61. The minimum absolute atomic E-state index is 0.126. The number of aliphatic hydroxyl groups is 1. The number of benzene rings is 1. The third-order valence-corrected chi connectivity index (χ3v) is 3.00. The molecular weight excluding hydrogens is 233 g/mol. The average Bonchev–Trinajstić information content (AvgIpc) is 2.24. The summed E-state index contributed by atoms with van der Waals surface area (Å²) < 4.78 is 13.2. The zero-order valence-electron chi connectivity index (χ0n) is 9.17. The van der Waals surface area contributed by atoms with Gasteiger partial charge in [-0.2, -0.15) is 0 Å². The lowest BCUT2D eigenvalue weighted by atomic mass is 9.81. The van der Waals surface area contributed by atoms with Gasteiger partial charge in [0.1, 0.15) is 0 Å². The lowest BCUT2D eigenvalue weighted by molar-refractivity contribution is 0.131. The van der Waals surface area contributed by atoms with E-state index in [2.05, 4.69) is 0 Å². The van der Waals surface area contributed by atoms with Crippen molar-refractivity contribution in [2.24, 2.45) is 11.1 Å². The summed E-state index contributed by atoms with van der Waals surface area (Å²) >= 11 is 5.87. The van der Waals surface area contributed by atoms with Crippen LogP contribution in [0.2, 0.25) is 5.02 Å². The molecule has 1 aromatic carbocycles. The number of phenolic OH excluding ortho intramolecular Hbond substituents is 1. The van der Waals surface area contributed by atoms with Crippen LogP contribution < -0.4 is 5.73 Å². The predicted molar refractivity (Wildman–Crippen MR) is 60.9 cm³/mol. The van der Waals surface area contributed by atoms with Gasteiger partial charge in [0, 0.05) is 28.6 Å². The number of halogens is 2. The van der Waals surface area contributed by atoms with Crippen molar-refractivity contribution in [1.29, 1.82) is 0 Å². The van der Waals surface area contributed by atoms with E-state index < -0.39 is 23.0 Å². The SMILES string of the molecule is CC(C)(CO)[C@@H](N)c1c(Cl)ccc(F)c1O. The molecule has 0 saturated carbocycles. The van der Waals surface area contributed by atoms with Crippen LogP contribution in [0.5, 0.6) is 5.75 Å². The highest BCUT2D eigenvalue weighted by Crippen LogP contribution is 2.40. The number of aromatic hydroxyl groups is 1. The van der Waals surface area contributed by atoms with Crippen LogP contribution in [0.4, 0.5) is 4.39 Å². The highest BCUT2D eigenvalue weighted by molar-refractivity contribution is 6.31. The number of aliphatic hydroxyl groups excluding tert-OH is 1. The van der Waals surface area contributed by atoms with Crippen molar-refractivity contribution in [3.63, 3.8) is 0 Å². The number of nitrogens with two attached hydrogens (primary N) is 1. The van der Waals surface area contributed by atoms with Crippen LogP contribution >= 0.6 is 11.6 Å². The van der Waals surface area contributed by atoms with Crippen molar-refractivity contribution < 1.29 is 14.6 Å². The first kappa shape index (κ1) is 13.2. The molecule has 0 aliphatic carbocycles. The Balaban J connectivity index is 3.28. The van der Waals surface area contributed by atoms with Crippen molar-refractivity contribution in [3.8, 4) is 5.75 Å². The minimum atomic E-state index is -0.774. The Hall–Kier alpha value is -0.840. The molecule has 1 atom stereocenters. The molecule has 0 heterocycles. The van der Waals surface area contributed by atoms with E-state index in [1.807, 2.05) is 0 Å². The van der Waals surface area contributed by atoms with Gasteiger partial charge in [-0.1, -0.05) is 25.4 Å². The molecule has 0 aliphatic rings. The van der Waals surface area contributed by atoms with Crippen molar-refractivity contribution in [3.05, 3.63) is 28.5 Å². The molecule has 3 nitrogen and oxygen atoms in total. The molecule has 0 unspecified atom stereocenters. The Morgan fingerprint density at radius 1 is 1.50 bits per heavy atom. The first-order valence-electron chi connectivity index (χ1n) is 4.84. The molecule has 1 aromatic rings. The van der Waals surface area contributed by atoms with Gasteiger partial charge in [0.25, 0.3) is 0 Å². The largest absolute Gasteiger partial charge is 0.505 e. The van der Waals surface area contributed by atoms with Crippen LogP contribution in [0.15, 0.2) is 12.1 Å². The average molecular weight is 248 g/mol. The van der Waals surface area contributed by atoms with Gasteiger partial charge in [0.05, 0.1) is 0 Å². The van der Waals surface area contributed by atoms with Gasteiger partial charge in [0.15, 0.2) is 11.6 Å². The van der Waals surface area contributed by atoms with Gasteiger partial charge >= 0.3 is 0 Å². The van der Waals surface area contributed by atoms with E-state index in [4.69, 9.17) is 17.3 Å². The van der Waals surface area contributed by atoms with Gasteiger partial charge in [-0.3, -0.25) is 0 Å². The van der Waals surface area contributed by atoms with Crippen LogP contribution in [-0.4, -0.2) is 16.8 Å². The van der Waals surface area contributed by atoms with Crippen LogP contribution in [0.3, 0.4) is 0 Å². The Labute approximate surface area is 98.7 Å². The number of hydrogen-bond donors (Lipinski definition) is 3. The van der Waals surface area contributed by atoms with E-state index in [9.17, 15) is 14.6 Å². The monoisotopic (exact) mass is 247 g/mol. The molecule has 0 aromatic heterocycles. The summed E-state index contributed by atoms with van der Waals surface area (Å²) in [5, 5.41) is 19.0. The third-order valence-electron chi connectivity index (χ3n) is 2.68. The van der Waals surface area contributed by atoms with E-state index >= 15 is 0 Å². The quantitative estimate of drug-likeness (QED) is 0.767. The summed E-state index contributed by atoms with van der Waals surface area (Å²) in [6, 6.07) is 1.65. The molecular formula is C11H15ClFNO2. The van der Waals surface area contributed by atoms with E-state index in [1.54, 1.807) is 13.8 Å². The topological polar surface area (TPSA) is 66.5 Å². The Morgan fingerprint density at radius 2 is 2.06 bits per heavy atom. The molecule has 0 spiro atoms. The lowest BCUT2D eigenvalue weighted by Gasteiger charge is -2.30. The standard InChI is InChI=1S/C11H15ClFNO2/c1-11(2,5-15)10(14)8-6(12)3-4-7(13)9(8)16/h3-4,10,15-16H,5,14H2,1-2H3/t10-/m0/s1. The van der Waals surface area contributed by atoms with Crippen LogP contribution in [-0.2, 0) is 0 Å². The fraction of sp³-hybridized carbons (Fsp3) is 0.455. The first-order valence-corrected chi connectivity index (χ1v) is 5.22. The second-order valence-electron chi connectivity index (χ2n) is 4.42. The lowest BCUT2D eigenvalue weighted by Crippen LogP contribution is -2.32. The molecule has 0 bridgehead atoms. The third kappa shape index (κ3) is 2.29. The summed E-state index contributed by atoms with van der Waals surface area (Å²) in [5.41, 5.74) is 5.31. The van der Waals surface area contributed by atoms with Crippen molar-refractivity contribution in [1.82, 2.24) is 0 Å². The summed E-state index contributed by atoms with van der Waals surface area (Å²) in [7, 11) is 0. The molecule has 0 amide bonds. The maximum absolute atomic E-state index is 13.2. The van der Waals surface area contributed by atoms with Crippen LogP contribution in [0.1, 0.15) is 25.5 Å². The minimum Gasteiger partial charge on any atom is -0.505 e. The molecule has 90 valence electrons. The molecule has 0 saturated heterocycles. The molecule has 1 rings (SSSR count). The first-order chi connectivity index (χ1) is 7.31. The zero-order valence-corrected chi connectivity index (χ0v) is 9.92. The van der Waals surface area contributed by atoms with Crippen molar-refractivity contribution in [2.45, 2.75) is 19.9 Å². The second kappa shape index (κ2) is 4.57. The van der Waals surface area contributed by atoms with Gasteiger partial charge in [-0.25, -0.2) is 4.39 Å². The fourth-order valence-electron chi connectivity index (χ4n) is 1.34. The summed E-state index contributed by atoms with van der Waals surface area (Å²) in [6.45, 7) is 3.22. The zero-order chi connectivity index (χ0) is 12.5. The second-order valence-corrected chi connectivity index (χ2v) is 4.82. The van der Waals surface area contributed by atoms with Gasteiger partial charge in [-0.15, -0.1) is 0 Å². The van der Waals surface area contributed by atoms with E-state index in [-0.39, 0.29) is 17.2 Å². The smallest absolute Gasteiger partial charge is 0.165 e. The number of phenols is 1. The predicted octanol–water partition coefficient (Wildman–Crippen LogP) is 2.20. The summed E-state index contributed by atoms with van der Waals surface area (Å²) in [6.07, 6.45) is 0. The Bertz CT molecular complexity index is 396. The summed E-state index contributed by atoms with van der Waals surface area (Å²) in [5.74, 6) is -1.33.